The van der Waals surface area contributed by atoms with Crippen molar-refractivity contribution in [2.75, 3.05) is 18.1 Å². The first kappa shape index (κ1) is 25.8. The highest BCUT2D eigenvalue weighted by atomic mass is 32.2. The lowest BCUT2D eigenvalue weighted by Crippen LogP contribution is -2.34. The largest absolute Gasteiger partial charge is 0.492 e. The van der Waals surface area contributed by atoms with Crippen LogP contribution in [0.5, 0.6) is 5.75 Å². The molecular weight excluding hydrogens is 496 g/mol. The van der Waals surface area contributed by atoms with Gasteiger partial charge in [0, 0.05) is 17.8 Å². The predicted molar refractivity (Wildman–Crippen MR) is 143 cm³/mol. The van der Waals surface area contributed by atoms with Crippen molar-refractivity contribution in [3.63, 3.8) is 0 Å². The van der Waals surface area contributed by atoms with Crippen molar-refractivity contribution >= 4 is 42.4 Å². The summed E-state index contributed by atoms with van der Waals surface area (Å²) in [4.78, 5) is 20.3. The Morgan fingerprint density at radius 1 is 1.14 bits per heavy atom. The third kappa shape index (κ3) is 5.15. The van der Waals surface area contributed by atoms with Gasteiger partial charge in [0.15, 0.2) is 15.0 Å². The molecule has 0 fully saturated rings. The zero-order chi connectivity index (χ0) is 26.0. The summed E-state index contributed by atoms with van der Waals surface area (Å²) in [6.07, 6.45) is 0. The van der Waals surface area contributed by atoms with E-state index in [0.29, 0.717) is 41.7 Å². The predicted octanol–water partition coefficient (Wildman–Crippen LogP) is 5.04. The first-order valence-corrected chi connectivity index (χ1v) is 14.2. The number of ether oxygens (including phenoxy) is 1. The molecule has 36 heavy (non-hydrogen) atoms. The first-order valence-electron chi connectivity index (χ1n) is 11.8. The lowest BCUT2D eigenvalue weighted by atomic mass is 10.2. The minimum atomic E-state index is -3.43. The number of thiazole rings is 1. The van der Waals surface area contributed by atoms with Gasteiger partial charge in [0.05, 0.1) is 33.7 Å². The third-order valence-corrected chi connectivity index (χ3v) is 9.05. The van der Waals surface area contributed by atoms with Crippen LogP contribution in [0.1, 0.15) is 42.5 Å². The van der Waals surface area contributed by atoms with Crippen LogP contribution >= 0.6 is 11.3 Å². The summed E-state index contributed by atoms with van der Waals surface area (Å²) in [5, 5.41) is 4.52. The Balaban J connectivity index is 1.71. The Labute approximate surface area is 215 Å². The highest BCUT2D eigenvalue weighted by Crippen LogP contribution is 2.35. The summed E-state index contributed by atoms with van der Waals surface area (Å²) in [7, 11) is -3.43. The van der Waals surface area contributed by atoms with Gasteiger partial charge >= 0.3 is 0 Å². The van der Waals surface area contributed by atoms with Crippen molar-refractivity contribution in [2.45, 2.75) is 51.3 Å². The minimum absolute atomic E-state index is 0.199. The van der Waals surface area contributed by atoms with Crippen molar-refractivity contribution in [3.05, 3.63) is 65.5 Å². The van der Waals surface area contributed by atoms with Crippen molar-refractivity contribution in [1.29, 1.82) is 0 Å². The fourth-order valence-electron chi connectivity index (χ4n) is 3.89. The van der Waals surface area contributed by atoms with Gasteiger partial charge in [0.2, 0.25) is 0 Å². The van der Waals surface area contributed by atoms with Gasteiger partial charge in [-0.15, -0.1) is 0 Å². The fraction of sp³-hybridized carbons (Fsp3) is 0.346. The average molecular weight is 527 g/mol. The van der Waals surface area contributed by atoms with Gasteiger partial charge in [-0.1, -0.05) is 17.4 Å². The molecule has 0 aliphatic carbocycles. The molecule has 190 valence electrons. The molecule has 4 aromatic rings. The molecule has 0 N–H and O–H groups in total. The van der Waals surface area contributed by atoms with Crippen molar-refractivity contribution in [2.24, 2.45) is 0 Å². The molecule has 1 amide bonds. The zero-order valence-electron chi connectivity index (χ0n) is 21.1. The molecule has 10 heteroatoms. The molecule has 0 spiro atoms. The molecule has 4 rings (SSSR count). The molecular formula is C26H30N4O4S2. The summed E-state index contributed by atoms with van der Waals surface area (Å²) in [6, 6.07) is 13.8. The second kappa shape index (κ2) is 10.4. The molecule has 8 nitrogen and oxygen atoms in total. The second-order valence-electron chi connectivity index (χ2n) is 8.76. The maximum absolute atomic E-state index is 13.7. The number of sulfone groups is 1. The summed E-state index contributed by atoms with van der Waals surface area (Å²) < 4.78 is 33.6. The number of amides is 1. The van der Waals surface area contributed by atoms with Crippen LogP contribution in [0.3, 0.4) is 0 Å². The quantitative estimate of drug-likeness (QED) is 0.303. The summed E-state index contributed by atoms with van der Waals surface area (Å²) in [5.74, 6) is 0.411. The molecule has 0 aliphatic heterocycles. The van der Waals surface area contributed by atoms with Crippen LogP contribution < -0.4 is 9.64 Å². The van der Waals surface area contributed by atoms with Crippen LogP contribution in [-0.2, 0) is 16.4 Å². The number of rotatable bonds is 9. The van der Waals surface area contributed by atoms with Crippen LogP contribution in [0.25, 0.3) is 10.2 Å². The maximum Gasteiger partial charge on any atom is 0.260 e. The van der Waals surface area contributed by atoms with Gasteiger partial charge < -0.3 is 4.74 Å². The lowest BCUT2D eigenvalue weighted by Gasteiger charge is -2.20. The monoisotopic (exact) mass is 526 g/mol. The smallest absolute Gasteiger partial charge is 0.260 e. The normalized spacial score (nSPS) is 11.8. The number of fused-ring (bicyclic) bond motifs is 1. The van der Waals surface area contributed by atoms with E-state index in [4.69, 9.17) is 9.72 Å². The average Bonchev–Trinajstić information content (AvgIpc) is 3.42. The lowest BCUT2D eigenvalue weighted by molar-refractivity contribution is 0.0985. The number of carbonyl (C=O) groups excluding carboxylic acids is 1. The van der Waals surface area contributed by atoms with Gasteiger partial charge in [-0.3, -0.25) is 14.4 Å². The van der Waals surface area contributed by atoms with E-state index in [1.165, 1.54) is 23.5 Å². The molecule has 2 aromatic carbocycles. The molecule has 0 aliphatic rings. The van der Waals surface area contributed by atoms with Gasteiger partial charge in [-0.25, -0.2) is 13.4 Å². The highest BCUT2D eigenvalue weighted by Gasteiger charge is 2.24. The molecule has 0 atom stereocenters. The minimum Gasteiger partial charge on any atom is -0.492 e. The number of para-hydroxylation sites is 1. The fourth-order valence-corrected chi connectivity index (χ4v) is 5.96. The molecule has 0 bridgehead atoms. The van der Waals surface area contributed by atoms with Crippen LogP contribution in [0.2, 0.25) is 0 Å². The summed E-state index contributed by atoms with van der Waals surface area (Å²) >= 11 is 1.41. The number of nitrogens with zero attached hydrogens (tertiary/aromatic N) is 4. The Kier molecular flexibility index (Phi) is 7.46. The third-order valence-electron chi connectivity index (χ3n) is 5.84. The maximum atomic E-state index is 13.7. The number of anilines is 1. The second-order valence-corrected chi connectivity index (χ2v) is 12.3. The van der Waals surface area contributed by atoms with Crippen LogP contribution in [0.15, 0.2) is 53.4 Å². The van der Waals surface area contributed by atoms with Gasteiger partial charge in [0.25, 0.3) is 5.91 Å². The SMILES string of the molecule is CCOc1cccc2sc(N(CCn3nc(C)cc3C)C(=O)c3ccc(S(=O)(=O)C(C)C)cc3)nc12. The van der Waals surface area contributed by atoms with E-state index in [1.807, 2.05) is 49.7 Å². The number of aromatic nitrogens is 3. The highest BCUT2D eigenvalue weighted by molar-refractivity contribution is 7.92. The number of carbonyl (C=O) groups is 1. The topological polar surface area (TPSA) is 94.4 Å². The number of hydrogen-bond donors (Lipinski definition) is 0. The van der Waals surface area contributed by atoms with E-state index in [0.717, 1.165) is 16.1 Å². The van der Waals surface area contributed by atoms with Crippen molar-refractivity contribution < 1.29 is 17.9 Å². The molecule has 0 unspecified atom stereocenters. The van der Waals surface area contributed by atoms with Gasteiger partial charge in [0.1, 0.15) is 11.3 Å². The molecule has 0 saturated carbocycles. The zero-order valence-corrected chi connectivity index (χ0v) is 22.7. The van der Waals surface area contributed by atoms with Crippen LogP contribution in [-0.4, -0.2) is 47.5 Å². The van der Waals surface area contributed by atoms with Crippen molar-refractivity contribution in [3.8, 4) is 5.75 Å². The van der Waals surface area contributed by atoms with E-state index in [9.17, 15) is 13.2 Å². The molecule has 0 saturated heterocycles. The number of hydrogen-bond acceptors (Lipinski definition) is 7. The summed E-state index contributed by atoms with van der Waals surface area (Å²) in [5.41, 5.74) is 3.01. The summed E-state index contributed by atoms with van der Waals surface area (Å²) in [6.45, 7) is 10.4. The van der Waals surface area contributed by atoms with Crippen LogP contribution in [0, 0.1) is 13.8 Å². The van der Waals surface area contributed by atoms with E-state index >= 15 is 0 Å². The Morgan fingerprint density at radius 3 is 2.47 bits per heavy atom. The van der Waals surface area contributed by atoms with Crippen molar-refractivity contribution in [1.82, 2.24) is 14.8 Å². The van der Waals surface area contributed by atoms with E-state index < -0.39 is 15.1 Å². The Morgan fingerprint density at radius 2 is 1.86 bits per heavy atom. The number of aryl methyl sites for hydroxylation is 2. The Hall–Kier alpha value is -3.24. The standard InChI is InChI=1S/C26H30N4O4S2/c1-6-34-22-8-7-9-23-24(22)27-26(35-23)29(14-15-30-19(5)16-18(4)28-30)25(31)20-10-12-21(13-11-20)36(32,33)17(2)3/h7-13,16-17H,6,14-15H2,1-5H3. The van der Waals surface area contributed by atoms with Crippen LogP contribution in [0.4, 0.5) is 5.13 Å². The van der Waals surface area contributed by atoms with E-state index in [1.54, 1.807) is 30.9 Å². The van der Waals surface area contributed by atoms with E-state index in [-0.39, 0.29) is 10.8 Å². The van der Waals surface area contributed by atoms with Gasteiger partial charge in [-0.05, 0) is 77.1 Å². The number of benzene rings is 2. The van der Waals surface area contributed by atoms with E-state index in [2.05, 4.69) is 5.10 Å². The first-order chi connectivity index (χ1) is 17.1. The Bertz CT molecular complexity index is 1490. The molecule has 2 heterocycles. The molecule has 0 radical (unpaired) electrons. The molecule has 2 aromatic heterocycles. The van der Waals surface area contributed by atoms with Gasteiger partial charge in [-0.2, -0.15) is 5.10 Å².